The average Bonchev–Trinajstić information content (AvgIpc) is 3.12. The monoisotopic (exact) mass is 682 g/mol. The van der Waals surface area contributed by atoms with Gasteiger partial charge in [0.15, 0.2) is 6.29 Å². The number of rotatable bonds is 9. The van der Waals surface area contributed by atoms with Gasteiger partial charge in [0.2, 0.25) is 5.91 Å². The van der Waals surface area contributed by atoms with Crippen molar-refractivity contribution in [1.29, 1.82) is 0 Å². The molecule has 0 spiro atoms. The Balaban J connectivity index is 1.22. The van der Waals surface area contributed by atoms with E-state index in [2.05, 4.69) is 27.8 Å². The highest BCUT2D eigenvalue weighted by molar-refractivity contribution is 5.89. The van der Waals surface area contributed by atoms with Gasteiger partial charge in [0.05, 0.1) is 24.9 Å². The number of fused-ring (bicyclic) bond motifs is 1. The van der Waals surface area contributed by atoms with Crippen molar-refractivity contribution in [3.63, 3.8) is 0 Å². The Labute approximate surface area is 297 Å². The summed E-state index contributed by atoms with van der Waals surface area (Å²) < 4.78 is 13.6. The molecule has 4 N–H and O–H groups in total. The molecule has 3 aromatic rings. The molecule has 1 aliphatic carbocycles. The minimum absolute atomic E-state index is 0.00392. The van der Waals surface area contributed by atoms with Crippen LogP contribution in [0.4, 0.5) is 10.5 Å². The van der Waals surface area contributed by atoms with Crippen LogP contribution in [-0.4, -0.2) is 52.2 Å². The molecular weight excluding hydrogens is 628 g/mol. The van der Waals surface area contributed by atoms with Gasteiger partial charge in [-0.3, -0.25) is 9.69 Å². The first-order chi connectivity index (χ1) is 24.1. The minimum atomic E-state index is -0.645. The van der Waals surface area contributed by atoms with Crippen LogP contribution in [0, 0.1) is 11.8 Å². The smallest absolute Gasteiger partial charge is 0.319 e. The first-order valence-corrected chi connectivity index (χ1v) is 18.3. The number of ether oxygens (including phenoxy) is 2. The first-order valence-electron chi connectivity index (χ1n) is 18.3. The molecule has 268 valence electrons. The second-order valence-electron chi connectivity index (χ2n) is 15.4. The maximum Gasteiger partial charge on any atom is 0.319 e. The molecule has 0 unspecified atom stereocenters. The van der Waals surface area contributed by atoms with Gasteiger partial charge >= 0.3 is 6.03 Å². The second kappa shape index (κ2) is 16.1. The lowest BCUT2D eigenvalue weighted by molar-refractivity contribution is -0.278. The van der Waals surface area contributed by atoms with Gasteiger partial charge in [-0.15, -0.1) is 0 Å². The zero-order valence-corrected chi connectivity index (χ0v) is 29.9. The molecule has 1 saturated carbocycles. The standard InChI is InChI=1S/C41H54N4O5/c1-27-36(25-45-34-13-9-8-12-30(34)20-23-35(45)38(47)44-41(2,3)4)49-39(50-37(27)31-16-14-29(26-46)15-17-31)32-18-21-33(22-19-32)43-40(48)42-24-28-10-6-5-7-11-28/h5-7,10-11,14-19,21-22,27,30,34-37,39,46H,8-9,12-13,20,23-26H2,1-4H3,(H,44,47)(H2,42,43,48)/t27-,30+,34+,35+,36+,37+,39+/m0/s1. The van der Waals surface area contributed by atoms with Crippen molar-refractivity contribution < 1.29 is 24.2 Å². The third-order valence-electron chi connectivity index (χ3n) is 10.6. The summed E-state index contributed by atoms with van der Waals surface area (Å²) in [5.74, 6) is 0.695. The van der Waals surface area contributed by atoms with Crippen molar-refractivity contribution in [3.05, 3.63) is 101 Å². The van der Waals surface area contributed by atoms with E-state index in [0.717, 1.165) is 41.5 Å². The van der Waals surface area contributed by atoms with E-state index < -0.39 is 6.29 Å². The molecular formula is C41H54N4O5. The molecule has 3 amide bonds. The average molecular weight is 683 g/mol. The van der Waals surface area contributed by atoms with Gasteiger partial charge in [-0.2, -0.15) is 0 Å². The van der Waals surface area contributed by atoms with Crippen molar-refractivity contribution >= 4 is 17.6 Å². The highest BCUT2D eigenvalue weighted by Crippen LogP contribution is 2.44. The fourth-order valence-corrected chi connectivity index (χ4v) is 7.94. The molecule has 0 radical (unpaired) electrons. The van der Waals surface area contributed by atoms with Gasteiger partial charge in [-0.1, -0.05) is 86.5 Å². The molecule has 3 fully saturated rings. The number of benzene rings is 3. The number of amides is 3. The van der Waals surface area contributed by atoms with Crippen LogP contribution in [0.1, 0.15) is 101 Å². The van der Waals surface area contributed by atoms with Crippen molar-refractivity contribution in [1.82, 2.24) is 15.5 Å². The number of nitrogens with zero attached hydrogens (tertiary/aromatic N) is 1. The van der Waals surface area contributed by atoms with Crippen LogP contribution < -0.4 is 16.0 Å². The molecule has 2 saturated heterocycles. The lowest BCUT2D eigenvalue weighted by Gasteiger charge is -2.51. The summed E-state index contributed by atoms with van der Waals surface area (Å²) >= 11 is 0. The van der Waals surface area contributed by atoms with Crippen LogP contribution >= 0.6 is 0 Å². The molecule has 9 heteroatoms. The predicted octanol–water partition coefficient (Wildman–Crippen LogP) is 7.23. The number of anilines is 1. The SMILES string of the molecule is C[C@H]1[C@@H](CN2[C@@H](C(=O)NC(C)(C)C)CC[C@H]3CCCC[C@H]32)O[C@@H](c2ccc(NC(=O)NCc3ccccc3)cc2)O[C@H]1c1ccc(CO)cc1. The molecule has 50 heavy (non-hydrogen) atoms. The second-order valence-corrected chi connectivity index (χ2v) is 15.4. The number of carbonyl (C=O) groups excluding carboxylic acids is 2. The van der Waals surface area contributed by atoms with Gasteiger partial charge in [-0.05, 0) is 81.2 Å². The van der Waals surface area contributed by atoms with Gasteiger partial charge in [0.25, 0.3) is 0 Å². The number of hydrogen-bond donors (Lipinski definition) is 4. The molecule has 2 heterocycles. The van der Waals surface area contributed by atoms with Crippen LogP contribution in [0.25, 0.3) is 0 Å². The minimum Gasteiger partial charge on any atom is -0.392 e. The quantitative estimate of drug-likeness (QED) is 0.190. The van der Waals surface area contributed by atoms with E-state index in [1.807, 2.05) is 99.6 Å². The van der Waals surface area contributed by atoms with Crippen LogP contribution in [0.3, 0.4) is 0 Å². The van der Waals surface area contributed by atoms with Gasteiger partial charge in [0.1, 0.15) is 0 Å². The van der Waals surface area contributed by atoms with E-state index in [1.165, 1.54) is 19.3 Å². The first kappa shape index (κ1) is 36.0. The molecule has 0 aromatic heterocycles. The van der Waals surface area contributed by atoms with E-state index in [-0.39, 0.29) is 48.3 Å². The summed E-state index contributed by atoms with van der Waals surface area (Å²) in [6.45, 7) is 9.36. The van der Waals surface area contributed by atoms with Crippen LogP contribution in [0.2, 0.25) is 0 Å². The summed E-state index contributed by atoms with van der Waals surface area (Å²) in [6, 6.07) is 25.2. The molecule has 3 aliphatic rings. The van der Waals surface area contributed by atoms with Crippen LogP contribution in [0.15, 0.2) is 78.9 Å². The number of likely N-dealkylation sites (tertiary alicyclic amines) is 1. The van der Waals surface area contributed by atoms with Gasteiger partial charge in [-0.25, -0.2) is 4.79 Å². The van der Waals surface area contributed by atoms with Crippen molar-refractivity contribution in [3.8, 4) is 0 Å². The Morgan fingerprint density at radius 2 is 1.54 bits per heavy atom. The number of urea groups is 1. The van der Waals surface area contributed by atoms with E-state index in [4.69, 9.17) is 9.47 Å². The number of carbonyl (C=O) groups is 2. The van der Waals surface area contributed by atoms with E-state index in [1.54, 1.807) is 0 Å². The molecule has 2 aliphatic heterocycles. The molecule has 7 atom stereocenters. The Bertz CT molecular complexity index is 1560. The van der Waals surface area contributed by atoms with E-state index >= 15 is 0 Å². The number of aliphatic hydroxyl groups is 1. The normalized spacial score (nSPS) is 27.2. The summed E-state index contributed by atoms with van der Waals surface area (Å²) in [6.07, 6.45) is 5.58. The topological polar surface area (TPSA) is 112 Å². The van der Waals surface area contributed by atoms with Gasteiger partial charge in [0, 0.05) is 41.8 Å². The zero-order valence-electron chi connectivity index (χ0n) is 29.9. The number of hydrogen-bond acceptors (Lipinski definition) is 6. The zero-order chi connectivity index (χ0) is 35.3. The van der Waals surface area contributed by atoms with Crippen LogP contribution in [-0.2, 0) is 27.4 Å². The third kappa shape index (κ3) is 8.93. The molecule has 6 rings (SSSR count). The van der Waals surface area contributed by atoms with Crippen molar-refractivity contribution in [2.45, 2.75) is 115 Å². The van der Waals surface area contributed by atoms with Crippen LogP contribution in [0.5, 0.6) is 0 Å². The molecule has 3 aromatic carbocycles. The summed E-state index contributed by atoms with van der Waals surface area (Å²) in [5, 5.41) is 18.8. The lowest BCUT2D eigenvalue weighted by atomic mass is 9.75. The molecule has 0 bridgehead atoms. The summed E-state index contributed by atoms with van der Waals surface area (Å²) in [4.78, 5) is 28.9. The number of aliphatic hydroxyl groups excluding tert-OH is 1. The van der Waals surface area contributed by atoms with Crippen molar-refractivity contribution in [2.24, 2.45) is 11.8 Å². The highest BCUT2D eigenvalue weighted by Gasteiger charge is 2.46. The Kier molecular flexibility index (Phi) is 11.6. The predicted molar refractivity (Wildman–Crippen MR) is 195 cm³/mol. The van der Waals surface area contributed by atoms with Gasteiger partial charge < -0.3 is 30.5 Å². The van der Waals surface area contributed by atoms with E-state index in [0.29, 0.717) is 30.7 Å². The Morgan fingerprint density at radius 3 is 2.24 bits per heavy atom. The number of piperidine rings is 1. The Hall–Kier alpha value is -3.76. The maximum atomic E-state index is 13.8. The summed E-state index contributed by atoms with van der Waals surface area (Å²) in [5.41, 5.74) is 4.11. The largest absolute Gasteiger partial charge is 0.392 e. The number of nitrogens with one attached hydrogen (secondary N) is 3. The highest BCUT2D eigenvalue weighted by atomic mass is 16.7. The lowest BCUT2D eigenvalue weighted by Crippen LogP contribution is -2.61. The van der Waals surface area contributed by atoms with Crippen molar-refractivity contribution in [2.75, 3.05) is 11.9 Å². The third-order valence-corrected chi connectivity index (χ3v) is 10.6. The maximum absolute atomic E-state index is 13.8. The summed E-state index contributed by atoms with van der Waals surface area (Å²) in [7, 11) is 0. The fraction of sp³-hybridized carbons (Fsp3) is 0.512. The Morgan fingerprint density at radius 1 is 0.840 bits per heavy atom. The van der Waals surface area contributed by atoms with E-state index in [9.17, 15) is 14.7 Å². The molecule has 9 nitrogen and oxygen atoms in total. The fourth-order valence-electron chi connectivity index (χ4n) is 7.94.